The van der Waals surface area contributed by atoms with Gasteiger partial charge >= 0.3 is 0 Å². The van der Waals surface area contributed by atoms with Crippen molar-refractivity contribution in [2.45, 2.75) is 27.2 Å². The number of benzene rings is 2. The van der Waals surface area contributed by atoms with Crippen LogP contribution in [0.15, 0.2) is 54.7 Å². The molecule has 7 nitrogen and oxygen atoms in total. The number of carbonyl (C=O) groups is 2. The van der Waals surface area contributed by atoms with Gasteiger partial charge in [-0.3, -0.25) is 9.59 Å². The quantitative estimate of drug-likeness (QED) is 0.684. The first-order valence-electron chi connectivity index (χ1n) is 9.11. The number of hydrogen-bond donors (Lipinski definition) is 2. The summed E-state index contributed by atoms with van der Waals surface area (Å²) in [5.74, 6) is -0.0821. The number of nitrogens with zero attached hydrogens (tertiary/aromatic N) is 3. The van der Waals surface area contributed by atoms with Crippen LogP contribution in [-0.4, -0.2) is 26.8 Å². The lowest BCUT2D eigenvalue weighted by atomic mass is 10.1. The Balaban J connectivity index is 1.62. The van der Waals surface area contributed by atoms with E-state index in [0.29, 0.717) is 23.7 Å². The molecule has 2 N–H and O–H groups in total. The van der Waals surface area contributed by atoms with Crippen molar-refractivity contribution in [1.29, 1.82) is 0 Å². The van der Waals surface area contributed by atoms with Crippen molar-refractivity contribution in [3.8, 4) is 5.69 Å². The highest BCUT2D eigenvalue weighted by molar-refractivity contribution is 6.02. The molecule has 0 atom stereocenters. The molecule has 28 heavy (non-hydrogen) atoms. The molecule has 0 aliphatic heterocycles. The third-order valence-corrected chi connectivity index (χ3v) is 4.04. The zero-order chi connectivity index (χ0) is 20.1. The molecule has 0 saturated carbocycles. The molecule has 0 bridgehead atoms. The van der Waals surface area contributed by atoms with Crippen LogP contribution >= 0.6 is 0 Å². The van der Waals surface area contributed by atoms with E-state index in [1.807, 2.05) is 45.0 Å². The highest BCUT2D eigenvalue weighted by atomic mass is 16.2. The zero-order valence-electron chi connectivity index (χ0n) is 16.1. The van der Waals surface area contributed by atoms with Crippen LogP contribution in [0.5, 0.6) is 0 Å². The lowest BCUT2D eigenvalue weighted by Crippen LogP contribution is -2.14. The molecule has 0 aliphatic carbocycles. The third kappa shape index (κ3) is 5.03. The summed E-state index contributed by atoms with van der Waals surface area (Å²) < 4.78 is 1.56. The second-order valence-corrected chi connectivity index (χ2v) is 7.06. The van der Waals surface area contributed by atoms with E-state index in [0.717, 1.165) is 11.3 Å². The molecule has 3 rings (SSSR count). The fourth-order valence-electron chi connectivity index (χ4n) is 2.61. The van der Waals surface area contributed by atoms with E-state index in [-0.39, 0.29) is 17.5 Å². The van der Waals surface area contributed by atoms with E-state index in [4.69, 9.17) is 0 Å². The lowest BCUT2D eigenvalue weighted by Gasteiger charge is -2.08. The van der Waals surface area contributed by atoms with Gasteiger partial charge in [-0.05, 0) is 49.2 Å². The van der Waals surface area contributed by atoms with Crippen molar-refractivity contribution >= 4 is 23.2 Å². The van der Waals surface area contributed by atoms with Gasteiger partial charge in [-0.15, -0.1) is 5.10 Å². The molecule has 0 radical (unpaired) electrons. The summed E-state index contributed by atoms with van der Waals surface area (Å²) in [5.41, 5.74) is 3.49. The number of carbonyl (C=O) groups excluding carboxylic acids is 2. The topological polar surface area (TPSA) is 88.9 Å². The van der Waals surface area contributed by atoms with Crippen molar-refractivity contribution in [1.82, 2.24) is 15.0 Å². The molecule has 0 fully saturated rings. The fraction of sp³-hybridized carbons (Fsp3) is 0.238. The Bertz CT molecular complexity index is 959. The first-order valence-corrected chi connectivity index (χ1v) is 9.11. The molecule has 0 aliphatic rings. The maximum atomic E-state index is 12.4. The number of nitrogens with one attached hydrogen (secondary N) is 2. The summed E-state index contributed by atoms with van der Waals surface area (Å²) in [6.45, 7) is 5.99. The van der Waals surface area contributed by atoms with E-state index in [1.54, 1.807) is 35.1 Å². The average Bonchev–Trinajstić information content (AvgIpc) is 3.13. The standard InChI is InChI=1S/C21H23N5O2/c1-14(2)12-20(27)22-16-6-8-17(9-7-16)23-21(28)19-13-26(25-24-19)18-10-4-15(3)5-11-18/h4-11,13-14H,12H2,1-3H3,(H,22,27)(H,23,28). The molecule has 1 heterocycles. The molecule has 1 aromatic heterocycles. The van der Waals surface area contributed by atoms with Crippen LogP contribution in [0.1, 0.15) is 36.3 Å². The van der Waals surface area contributed by atoms with Gasteiger partial charge in [0.05, 0.1) is 11.9 Å². The van der Waals surface area contributed by atoms with Gasteiger partial charge in [0.1, 0.15) is 0 Å². The van der Waals surface area contributed by atoms with Gasteiger partial charge in [0.2, 0.25) is 5.91 Å². The summed E-state index contributed by atoms with van der Waals surface area (Å²) in [5, 5.41) is 13.6. The molecule has 0 saturated heterocycles. The predicted octanol–water partition coefficient (Wildman–Crippen LogP) is 3.81. The molecule has 7 heteroatoms. The maximum absolute atomic E-state index is 12.4. The number of rotatable bonds is 6. The van der Waals surface area contributed by atoms with Crippen molar-refractivity contribution in [2.24, 2.45) is 5.92 Å². The summed E-state index contributed by atoms with van der Waals surface area (Å²) >= 11 is 0. The molecular weight excluding hydrogens is 354 g/mol. The average molecular weight is 377 g/mol. The van der Waals surface area contributed by atoms with Crippen LogP contribution < -0.4 is 10.6 Å². The Morgan fingerprint density at radius 3 is 2.18 bits per heavy atom. The molecule has 0 unspecified atom stereocenters. The van der Waals surface area contributed by atoms with Crippen LogP contribution in [-0.2, 0) is 4.79 Å². The summed E-state index contributed by atoms with van der Waals surface area (Å²) in [6.07, 6.45) is 2.05. The molecule has 2 aromatic carbocycles. The van der Waals surface area contributed by atoms with Gasteiger partial charge in [0.15, 0.2) is 5.69 Å². The minimum Gasteiger partial charge on any atom is -0.326 e. The number of amides is 2. The van der Waals surface area contributed by atoms with Gasteiger partial charge in [-0.2, -0.15) is 0 Å². The summed E-state index contributed by atoms with van der Waals surface area (Å²) in [6, 6.07) is 14.7. The van der Waals surface area contributed by atoms with Crippen LogP contribution in [0.3, 0.4) is 0 Å². The monoisotopic (exact) mass is 377 g/mol. The van der Waals surface area contributed by atoms with Crippen LogP contribution in [0.2, 0.25) is 0 Å². The van der Waals surface area contributed by atoms with Crippen molar-refractivity contribution in [3.05, 3.63) is 66.0 Å². The first kappa shape index (κ1) is 19.3. The van der Waals surface area contributed by atoms with E-state index in [2.05, 4.69) is 20.9 Å². The Morgan fingerprint density at radius 1 is 0.964 bits per heavy atom. The zero-order valence-corrected chi connectivity index (χ0v) is 16.1. The van der Waals surface area contributed by atoms with Crippen molar-refractivity contribution in [2.75, 3.05) is 10.6 Å². The minimum absolute atomic E-state index is 0.0282. The van der Waals surface area contributed by atoms with E-state index in [9.17, 15) is 9.59 Å². The highest BCUT2D eigenvalue weighted by Crippen LogP contribution is 2.16. The fourth-order valence-corrected chi connectivity index (χ4v) is 2.61. The number of aryl methyl sites for hydroxylation is 1. The van der Waals surface area contributed by atoms with Gasteiger partial charge < -0.3 is 10.6 Å². The van der Waals surface area contributed by atoms with Crippen LogP contribution in [0.4, 0.5) is 11.4 Å². The second kappa shape index (κ2) is 8.47. The van der Waals surface area contributed by atoms with Crippen molar-refractivity contribution < 1.29 is 9.59 Å². The largest absolute Gasteiger partial charge is 0.326 e. The molecular formula is C21H23N5O2. The van der Waals surface area contributed by atoms with Gasteiger partial charge in [0.25, 0.3) is 5.91 Å². The molecule has 0 spiro atoms. The van der Waals surface area contributed by atoms with Crippen LogP contribution in [0, 0.1) is 12.8 Å². The Labute approximate surface area is 163 Å². The summed E-state index contributed by atoms with van der Waals surface area (Å²) in [7, 11) is 0. The second-order valence-electron chi connectivity index (χ2n) is 7.06. The smallest absolute Gasteiger partial charge is 0.277 e. The number of anilines is 2. The SMILES string of the molecule is Cc1ccc(-n2cc(C(=O)Nc3ccc(NC(=O)CC(C)C)cc3)nn2)cc1. The van der Waals surface area contributed by atoms with Gasteiger partial charge in [-0.1, -0.05) is 36.8 Å². The predicted molar refractivity (Wildman–Crippen MR) is 109 cm³/mol. The highest BCUT2D eigenvalue weighted by Gasteiger charge is 2.12. The molecule has 144 valence electrons. The normalized spacial score (nSPS) is 10.7. The Kier molecular flexibility index (Phi) is 5.84. The van der Waals surface area contributed by atoms with Gasteiger partial charge in [0, 0.05) is 17.8 Å². The Morgan fingerprint density at radius 2 is 1.57 bits per heavy atom. The van der Waals surface area contributed by atoms with Crippen LogP contribution in [0.25, 0.3) is 5.69 Å². The molecule has 3 aromatic rings. The van der Waals surface area contributed by atoms with Gasteiger partial charge in [-0.25, -0.2) is 4.68 Å². The van der Waals surface area contributed by atoms with E-state index >= 15 is 0 Å². The van der Waals surface area contributed by atoms with Crippen molar-refractivity contribution in [3.63, 3.8) is 0 Å². The lowest BCUT2D eigenvalue weighted by molar-refractivity contribution is -0.116. The molecule has 2 amide bonds. The third-order valence-electron chi connectivity index (χ3n) is 4.04. The number of aromatic nitrogens is 3. The summed E-state index contributed by atoms with van der Waals surface area (Å²) in [4.78, 5) is 24.2. The minimum atomic E-state index is -0.352. The van der Waals surface area contributed by atoms with E-state index in [1.165, 1.54) is 0 Å². The number of hydrogen-bond acceptors (Lipinski definition) is 4. The van der Waals surface area contributed by atoms with E-state index < -0.39 is 0 Å². The Hall–Kier alpha value is -3.48. The maximum Gasteiger partial charge on any atom is 0.277 e. The first-order chi connectivity index (χ1) is 13.4.